The number of rotatable bonds is 6. The normalized spacial score (nSPS) is 12.4. The lowest BCUT2D eigenvalue weighted by Gasteiger charge is -2.07. The Labute approximate surface area is 88.5 Å². The van der Waals surface area contributed by atoms with E-state index in [1.807, 2.05) is 0 Å². The van der Waals surface area contributed by atoms with Crippen molar-refractivity contribution < 1.29 is 14.3 Å². The molecule has 1 atom stereocenters. The van der Waals surface area contributed by atoms with E-state index in [1.54, 1.807) is 19.1 Å². The van der Waals surface area contributed by atoms with Crippen molar-refractivity contribution in [1.29, 1.82) is 0 Å². The van der Waals surface area contributed by atoms with Gasteiger partial charge in [0.05, 0.1) is 12.4 Å². The third-order valence-electron chi connectivity index (χ3n) is 1.77. The lowest BCUT2D eigenvalue weighted by molar-refractivity contribution is 0.0926. The molecule has 5 heteroatoms. The Balaban J connectivity index is 2.08. The van der Waals surface area contributed by atoms with Crippen molar-refractivity contribution in [2.75, 3.05) is 19.6 Å². The van der Waals surface area contributed by atoms with Crippen LogP contribution in [0.4, 0.5) is 0 Å². The molecule has 15 heavy (non-hydrogen) atoms. The summed E-state index contributed by atoms with van der Waals surface area (Å²) < 4.78 is 4.92. The summed E-state index contributed by atoms with van der Waals surface area (Å²) in [6.45, 7) is 3.36. The molecule has 0 fully saturated rings. The van der Waals surface area contributed by atoms with Gasteiger partial charge in [-0.2, -0.15) is 0 Å². The van der Waals surface area contributed by atoms with Crippen LogP contribution in [0.25, 0.3) is 0 Å². The van der Waals surface area contributed by atoms with Crippen molar-refractivity contribution in [1.82, 2.24) is 10.6 Å². The first-order chi connectivity index (χ1) is 7.20. The van der Waals surface area contributed by atoms with E-state index in [2.05, 4.69) is 10.6 Å². The van der Waals surface area contributed by atoms with Gasteiger partial charge in [0.1, 0.15) is 0 Å². The number of furan rings is 1. The SMILES string of the molecule is CC(O)CNCCNC(=O)c1ccco1. The molecule has 1 rings (SSSR count). The molecule has 0 saturated carbocycles. The number of carbonyl (C=O) groups excluding carboxylic acids is 1. The fraction of sp³-hybridized carbons (Fsp3) is 0.500. The van der Waals surface area contributed by atoms with Gasteiger partial charge in [-0.1, -0.05) is 0 Å². The number of aliphatic hydroxyl groups excluding tert-OH is 1. The zero-order valence-electron chi connectivity index (χ0n) is 8.69. The van der Waals surface area contributed by atoms with Crippen molar-refractivity contribution in [2.45, 2.75) is 13.0 Å². The maximum Gasteiger partial charge on any atom is 0.287 e. The van der Waals surface area contributed by atoms with Gasteiger partial charge in [-0.05, 0) is 19.1 Å². The molecule has 0 aromatic carbocycles. The van der Waals surface area contributed by atoms with Crippen LogP contribution in [-0.4, -0.2) is 36.8 Å². The highest BCUT2D eigenvalue weighted by atomic mass is 16.3. The zero-order valence-corrected chi connectivity index (χ0v) is 8.69. The van der Waals surface area contributed by atoms with E-state index in [0.717, 1.165) is 0 Å². The first-order valence-electron chi connectivity index (χ1n) is 4.90. The Bertz CT molecular complexity index is 283. The number of amides is 1. The molecule has 0 spiro atoms. The predicted molar refractivity (Wildman–Crippen MR) is 55.6 cm³/mol. The molecule has 1 heterocycles. The maximum absolute atomic E-state index is 11.3. The molecule has 1 unspecified atom stereocenters. The molecule has 1 aromatic rings. The molecule has 1 amide bonds. The van der Waals surface area contributed by atoms with Gasteiger partial charge in [-0.15, -0.1) is 0 Å². The average Bonchev–Trinajstić information content (AvgIpc) is 2.69. The molecule has 3 N–H and O–H groups in total. The number of hydrogen-bond donors (Lipinski definition) is 3. The highest BCUT2D eigenvalue weighted by molar-refractivity contribution is 5.91. The molecule has 0 radical (unpaired) electrons. The van der Waals surface area contributed by atoms with Gasteiger partial charge in [-0.25, -0.2) is 0 Å². The van der Waals surface area contributed by atoms with Gasteiger partial charge in [0.25, 0.3) is 5.91 Å². The number of aliphatic hydroxyl groups is 1. The van der Waals surface area contributed by atoms with Crippen molar-refractivity contribution in [3.8, 4) is 0 Å². The molecular weight excluding hydrogens is 196 g/mol. The summed E-state index contributed by atoms with van der Waals surface area (Å²) in [5, 5.41) is 14.6. The molecule has 5 nitrogen and oxygen atoms in total. The summed E-state index contributed by atoms with van der Waals surface area (Å²) in [5.41, 5.74) is 0. The van der Waals surface area contributed by atoms with Gasteiger partial charge in [0.15, 0.2) is 5.76 Å². The van der Waals surface area contributed by atoms with Crippen LogP contribution < -0.4 is 10.6 Å². The molecule has 84 valence electrons. The number of nitrogens with one attached hydrogen (secondary N) is 2. The van der Waals surface area contributed by atoms with E-state index in [0.29, 0.717) is 25.4 Å². The molecule has 1 aromatic heterocycles. The summed E-state index contributed by atoms with van der Waals surface area (Å²) in [7, 11) is 0. The van der Waals surface area contributed by atoms with E-state index in [4.69, 9.17) is 9.52 Å². The highest BCUT2D eigenvalue weighted by Crippen LogP contribution is 1.98. The lowest BCUT2D eigenvalue weighted by Crippen LogP contribution is -2.34. The van der Waals surface area contributed by atoms with Gasteiger partial charge < -0.3 is 20.2 Å². The Morgan fingerprint density at radius 2 is 2.40 bits per heavy atom. The quantitative estimate of drug-likeness (QED) is 0.579. The zero-order chi connectivity index (χ0) is 11.1. The van der Waals surface area contributed by atoms with Crippen molar-refractivity contribution in [3.63, 3.8) is 0 Å². The van der Waals surface area contributed by atoms with Crippen LogP contribution in [0, 0.1) is 0 Å². The van der Waals surface area contributed by atoms with Crippen LogP contribution in [-0.2, 0) is 0 Å². The summed E-state index contributed by atoms with van der Waals surface area (Å²) in [6.07, 6.45) is 1.09. The van der Waals surface area contributed by atoms with Crippen LogP contribution in [0.15, 0.2) is 22.8 Å². The van der Waals surface area contributed by atoms with Crippen molar-refractivity contribution in [3.05, 3.63) is 24.2 Å². The van der Waals surface area contributed by atoms with Gasteiger partial charge in [0, 0.05) is 19.6 Å². The Hall–Kier alpha value is -1.33. The molecule has 0 saturated heterocycles. The summed E-state index contributed by atoms with van der Waals surface area (Å²) in [5.74, 6) is 0.0874. The number of hydrogen-bond acceptors (Lipinski definition) is 4. The maximum atomic E-state index is 11.3. The summed E-state index contributed by atoms with van der Waals surface area (Å²) in [6, 6.07) is 3.28. The third kappa shape index (κ3) is 4.62. The van der Waals surface area contributed by atoms with E-state index in [1.165, 1.54) is 6.26 Å². The fourth-order valence-electron chi connectivity index (χ4n) is 1.07. The Kier molecular flexibility index (Phi) is 4.86. The second-order valence-corrected chi connectivity index (χ2v) is 3.29. The van der Waals surface area contributed by atoms with Gasteiger partial charge in [-0.3, -0.25) is 4.79 Å². The standard InChI is InChI=1S/C10H16N2O3/c1-8(13)7-11-4-5-12-10(14)9-3-2-6-15-9/h2-3,6,8,11,13H,4-5,7H2,1H3,(H,12,14). The topological polar surface area (TPSA) is 74.5 Å². The average molecular weight is 212 g/mol. The Morgan fingerprint density at radius 1 is 1.60 bits per heavy atom. The minimum Gasteiger partial charge on any atom is -0.459 e. The fourth-order valence-corrected chi connectivity index (χ4v) is 1.07. The molecular formula is C10H16N2O3. The first kappa shape index (κ1) is 11.7. The highest BCUT2D eigenvalue weighted by Gasteiger charge is 2.06. The second-order valence-electron chi connectivity index (χ2n) is 3.29. The smallest absolute Gasteiger partial charge is 0.287 e. The largest absolute Gasteiger partial charge is 0.459 e. The minimum absolute atomic E-state index is 0.223. The minimum atomic E-state index is -0.370. The van der Waals surface area contributed by atoms with Crippen molar-refractivity contribution >= 4 is 5.91 Å². The molecule has 0 aliphatic heterocycles. The van der Waals surface area contributed by atoms with Gasteiger partial charge in [0.2, 0.25) is 0 Å². The number of carbonyl (C=O) groups is 1. The molecule has 0 aliphatic rings. The van der Waals surface area contributed by atoms with Crippen LogP contribution in [0.2, 0.25) is 0 Å². The van der Waals surface area contributed by atoms with E-state index < -0.39 is 0 Å². The van der Waals surface area contributed by atoms with Crippen molar-refractivity contribution in [2.24, 2.45) is 0 Å². The third-order valence-corrected chi connectivity index (χ3v) is 1.77. The van der Waals surface area contributed by atoms with Gasteiger partial charge >= 0.3 is 0 Å². The van der Waals surface area contributed by atoms with Crippen LogP contribution in [0.3, 0.4) is 0 Å². The lowest BCUT2D eigenvalue weighted by atomic mass is 10.4. The predicted octanol–water partition coefficient (Wildman–Crippen LogP) is -0.0202. The monoisotopic (exact) mass is 212 g/mol. The van der Waals surface area contributed by atoms with E-state index >= 15 is 0 Å². The molecule has 0 aliphatic carbocycles. The Morgan fingerprint density at radius 3 is 3.00 bits per heavy atom. The van der Waals surface area contributed by atoms with E-state index in [-0.39, 0.29) is 12.0 Å². The first-order valence-corrected chi connectivity index (χ1v) is 4.90. The summed E-state index contributed by atoms with van der Waals surface area (Å²) >= 11 is 0. The molecule has 0 bridgehead atoms. The second kappa shape index (κ2) is 6.21. The van der Waals surface area contributed by atoms with E-state index in [9.17, 15) is 4.79 Å². The van der Waals surface area contributed by atoms with Crippen LogP contribution >= 0.6 is 0 Å². The summed E-state index contributed by atoms with van der Waals surface area (Å²) in [4.78, 5) is 11.3. The van der Waals surface area contributed by atoms with Crippen LogP contribution in [0.1, 0.15) is 17.5 Å². The van der Waals surface area contributed by atoms with Crippen LogP contribution in [0.5, 0.6) is 0 Å².